The summed E-state index contributed by atoms with van der Waals surface area (Å²) in [6, 6.07) is 10.3. The largest absolute Gasteiger partial charge is 0.374 e. The first-order chi connectivity index (χ1) is 13.3. The van der Waals surface area contributed by atoms with Gasteiger partial charge in [0.25, 0.3) is 0 Å². The molecule has 1 aromatic heterocycles. The standard InChI is InChI=1S/C20H30N6O.HI/c1-3-21-20(23-15-19-25-24-18-11-7-13-26(18)19)22-12-8-14-27-16(2)17-9-5-4-6-10-17;/h4-6,9-10,16H,3,7-8,11-15H2,1-2H3,(H2,21,22,23);1H. The molecule has 1 aliphatic rings. The second-order valence-corrected chi connectivity index (χ2v) is 6.69. The molecule has 3 rings (SSSR count). The van der Waals surface area contributed by atoms with Gasteiger partial charge < -0.3 is 19.9 Å². The predicted molar refractivity (Wildman–Crippen MR) is 122 cm³/mol. The van der Waals surface area contributed by atoms with E-state index in [1.165, 1.54) is 5.56 Å². The van der Waals surface area contributed by atoms with Crippen molar-refractivity contribution in [3.63, 3.8) is 0 Å². The van der Waals surface area contributed by atoms with Crippen LogP contribution in [0.15, 0.2) is 35.3 Å². The van der Waals surface area contributed by atoms with Crippen molar-refractivity contribution in [2.24, 2.45) is 4.99 Å². The highest BCUT2D eigenvalue weighted by molar-refractivity contribution is 14.0. The summed E-state index contributed by atoms with van der Waals surface area (Å²) in [4.78, 5) is 4.64. The number of benzene rings is 1. The Morgan fingerprint density at radius 1 is 1.25 bits per heavy atom. The monoisotopic (exact) mass is 498 g/mol. The van der Waals surface area contributed by atoms with Crippen LogP contribution in [0, 0.1) is 0 Å². The Morgan fingerprint density at radius 3 is 2.86 bits per heavy atom. The van der Waals surface area contributed by atoms with Gasteiger partial charge in [0.15, 0.2) is 11.8 Å². The molecule has 8 heteroatoms. The molecule has 0 spiro atoms. The van der Waals surface area contributed by atoms with E-state index in [9.17, 15) is 0 Å². The van der Waals surface area contributed by atoms with Gasteiger partial charge in [-0.2, -0.15) is 0 Å². The number of aliphatic imine (C=N–C) groups is 1. The van der Waals surface area contributed by atoms with E-state index in [-0.39, 0.29) is 30.1 Å². The Kier molecular flexibility index (Phi) is 9.69. The Bertz CT molecular complexity index is 734. The maximum atomic E-state index is 5.92. The first-order valence-electron chi connectivity index (χ1n) is 9.87. The Balaban J connectivity index is 0.00000280. The fraction of sp³-hybridized carbons (Fsp3) is 0.550. The van der Waals surface area contributed by atoms with Gasteiger partial charge in [-0.25, -0.2) is 4.99 Å². The lowest BCUT2D eigenvalue weighted by Gasteiger charge is -2.14. The van der Waals surface area contributed by atoms with E-state index in [0.717, 1.165) is 56.5 Å². The second kappa shape index (κ2) is 12.0. The number of halogens is 1. The highest BCUT2D eigenvalue weighted by atomic mass is 127. The van der Waals surface area contributed by atoms with Gasteiger partial charge in [-0.05, 0) is 32.3 Å². The third kappa shape index (κ3) is 6.44. The fourth-order valence-corrected chi connectivity index (χ4v) is 3.18. The molecule has 1 aromatic carbocycles. The smallest absolute Gasteiger partial charge is 0.191 e. The van der Waals surface area contributed by atoms with Gasteiger partial charge in [0, 0.05) is 32.7 Å². The molecule has 1 aliphatic heterocycles. The number of nitrogens with zero attached hydrogens (tertiary/aromatic N) is 4. The normalized spacial score (nSPS) is 14.3. The summed E-state index contributed by atoms with van der Waals surface area (Å²) >= 11 is 0. The molecule has 0 radical (unpaired) electrons. The zero-order chi connectivity index (χ0) is 18.9. The summed E-state index contributed by atoms with van der Waals surface area (Å²) in [5.74, 6) is 2.84. The minimum Gasteiger partial charge on any atom is -0.374 e. The van der Waals surface area contributed by atoms with Crippen LogP contribution in [0.25, 0.3) is 0 Å². The molecule has 0 saturated heterocycles. The average Bonchev–Trinajstić information content (AvgIpc) is 3.30. The number of guanidine groups is 1. The van der Waals surface area contributed by atoms with Crippen LogP contribution < -0.4 is 10.6 Å². The minimum atomic E-state index is 0. The van der Waals surface area contributed by atoms with E-state index in [4.69, 9.17) is 4.74 Å². The van der Waals surface area contributed by atoms with E-state index >= 15 is 0 Å². The van der Waals surface area contributed by atoms with Crippen molar-refractivity contribution in [1.29, 1.82) is 0 Å². The lowest BCUT2D eigenvalue weighted by Crippen LogP contribution is -2.38. The van der Waals surface area contributed by atoms with E-state index in [0.29, 0.717) is 13.2 Å². The number of fused-ring (bicyclic) bond motifs is 1. The van der Waals surface area contributed by atoms with Crippen molar-refractivity contribution in [2.75, 3.05) is 19.7 Å². The molecule has 0 saturated carbocycles. The van der Waals surface area contributed by atoms with Crippen LogP contribution in [0.1, 0.15) is 50.0 Å². The van der Waals surface area contributed by atoms with Crippen molar-refractivity contribution >= 4 is 29.9 Å². The van der Waals surface area contributed by atoms with E-state index in [1.54, 1.807) is 0 Å². The lowest BCUT2D eigenvalue weighted by atomic mass is 10.1. The van der Waals surface area contributed by atoms with E-state index < -0.39 is 0 Å². The molecule has 0 bridgehead atoms. The molecular formula is C20H31IN6O. The molecular weight excluding hydrogens is 467 g/mol. The molecule has 2 N–H and O–H groups in total. The number of hydrogen-bond acceptors (Lipinski definition) is 4. The van der Waals surface area contributed by atoms with E-state index in [2.05, 4.69) is 56.4 Å². The molecule has 7 nitrogen and oxygen atoms in total. The van der Waals surface area contributed by atoms with Crippen molar-refractivity contribution in [1.82, 2.24) is 25.4 Å². The van der Waals surface area contributed by atoms with Crippen molar-refractivity contribution in [3.8, 4) is 0 Å². The topological polar surface area (TPSA) is 76.4 Å². The van der Waals surface area contributed by atoms with Crippen LogP contribution in [-0.2, 0) is 24.2 Å². The van der Waals surface area contributed by atoms with Gasteiger partial charge in [-0.3, -0.25) is 0 Å². The van der Waals surface area contributed by atoms with Gasteiger partial charge in [-0.15, -0.1) is 34.2 Å². The Labute approximate surface area is 184 Å². The maximum absolute atomic E-state index is 5.92. The molecule has 2 aromatic rings. The average molecular weight is 498 g/mol. The third-order valence-electron chi connectivity index (χ3n) is 4.66. The van der Waals surface area contributed by atoms with Crippen LogP contribution in [0.2, 0.25) is 0 Å². The van der Waals surface area contributed by atoms with Crippen LogP contribution >= 0.6 is 24.0 Å². The van der Waals surface area contributed by atoms with E-state index in [1.807, 2.05) is 18.2 Å². The molecule has 154 valence electrons. The molecule has 0 amide bonds. The number of aryl methyl sites for hydroxylation is 1. The zero-order valence-electron chi connectivity index (χ0n) is 16.7. The lowest BCUT2D eigenvalue weighted by molar-refractivity contribution is 0.0646. The molecule has 0 aliphatic carbocycles. The SMILES string of the molecule is CCNC(=NCc1nnc2n1CCC2)NCCCOC(C)c1ccccc1.I. The number of nitrogens with one attached hydrogen (secondary N) is 2. The van der Waals surface area contributed by atoms with Gasteiger partial charge in [0.1, 0.15) is 12.4 Å². The fourth-order valence-electron chi connectivity index (χ4n) is 3.18. The predicted octanol–water partition coefficient (Wildman–Crippen LogP) is 3.07. The van der Waals surface area contributed by atoms with Crippen LogP contribution in [0.3, 0.4) is 0 Å². The van der Waals surface area contributed by atoms with Crippen LogP contribution in [0.4, 0.5) is 0 Å². The summed E-state index contributed by atoms with van der Waals surface area (Å²) < 4.78 is 8.10. The molecule has 1 unspecified atom stereocenters. The number of rotatable bonds is 9. The maximum Gasteiger partial charge on any atom is 0.191 e. The van der Waals surface area contributed by atoms with Crippen LogP contribution in [-0.4, -0.2) is 40.4 Å². The first-order valence-corrected chi connectivity index (χ1v) is 9.87. The third-order valence-corrected chi connectivity index (χ3v) is 4.66. The second-order valence-electron chi connectivity index (χ2n) is 6.69. The molecule has 1 atom stereocenters. The summed E-state index contributed by atoms with van der Waals surface area (Å²) in [6.07, 6.45) is 3.21. The summed E-state index contributed by atoms with van der Waals surface area (Å²) in [5, 5.41) is 15.1. The molecule has 0 fully saturated rings. The highest BCUT2D eigenvalue weighted by Gasteiger charge is 2.16. The Morgan fingerprint density at radius 2 is 2.07 bits per heavy atom. The summed E-state index contributed by atoms with van der Waals surface area (Å²) in [5.41, 5.74) is 1.21. The van der Waals surface area contributed by atoms with Gasteiger partial charge in [-0.1, -0.05) is 30.3 Å². The Hall–Kier alpha value is -1.68. The van der Waals surface area contributed by atoms with Crippen molar-refractivity contribution in [2.45, 2.75) is 52.3 Å². The first kappa shape index (κ1) is 22.6. The number of aromatic nitrogens is 3. The van der Waals surface area contributed by atoms with Gasteiger partial charge >= 0.3 is 0 Å². The number of hydrogen-bond donors (Lipinski definition) is 2. The van der Waals surface area contributed by atoms with Crippen molar-refractivity contribution < 1.29 is 4.74 Å². The van der Waals surface area contributed by atoms with Crippen LogP contribution in [0.5, 0.6) is 0 Å². The molecule has 2 heterocycles. The minimum absolute atomic E-state index is 0. The summed E-state index contributed by atoms with van der Waals surface area (Å²) in [6.45, 7) is 8.05. The number of ether oxygens (including phenoxy) is 1. The van der Waals surface area contributed by atoms with Gasteiger partial charge in [0.05, 0.1) is 6.10 Å². The highest BCUT2D eigenvalue weighted by Crippen LogP contribution is 2.16. The van der Waals surface area contributed by atoms with Gasteiger partial charge in [0.2, 0.25) is 0 Å². The summed E-state index contributed by atoms with van der Waals surface area (Å²) in [7, 11) is 0. The molecule has 28 heavy (non-hydrogen) atoms. The quantitative estimate of drug-likeness (QED) is 0.241. The van der Waals surface area contributed by atoms with Crippen molar-refractivity contribution in [3.05, 3.63) is 47.5 Å². The zero-order valence-corrected chi connectivity index (χ0v) is 19.1.